The van der Waals surface area contributed by atoms with Crippen molar-refractivity contribution in [1.82, 2.24) is 4.90 Å². The second kappa shape index (κ2) is 5.26. The van der Waals surface area contributed by atoms with Gasteiger partial charge in [-0.3, -0.25) is 9.59 Å². The second-order valence-electron chi connectivity index (χ2n) is 6.04. The molecule has 7 heteroatoms. The molecule has 0 unspecified atom stereocenters. The minimum Gasteiger partial charge on any atom is -0.388 e. The lowest BCUT2D eigenvalue weighted by molar-refractivity contribution is -0.114. The van der Waals surface area contributed by atoms with Gasteiger partial charge in [-0.05, 0) is 31.5 Å². The van der Waals surface area contributed by atoms with Crippen LogP contribution in [0.2, 0.25) is 0 Å². The fourth-order valence-corrected chi connectivity index (χ4v) is 2.70. The van der Waals surface area contributed by atoms with Crippen molar-refractivity contribution in [1.29, 1.82) is 0 Å². The van der Waals surface area contributed by atoms with E-state index in [1.54, 1.807) is 25.1 Å². The average Bonchev–Trinajstić information content (AvgIpc) is 2.48. The number of rotatable bonds is 1. The Bertz CT molecular complexity index is 629. The van der Waals surface area contributed by atoms with E-state index in [9.17, 15) is 19.8 Å². The largest absolute Gasteiger partial charge is 0.388 e. The number of aliphatic hydroxyl groups is 2. The number of anilines is 2. The molecule has 3 rings (SSSR count). The zero-order chi connectivity index (χ0) is 15.9. The summed E-state index contributed by atoms with van der Waals surface area (Å²) in [6.45, 7) is 2.26. The lowest BCUT2D eigenvalue weighted by Gasteiger charge is -2.40. The summed E-state index contributed by atoms with van der Waals surface area (Å²) < 4.78 is 0. The monoisotopic (exact) mass is 305 g/mol. The van der Waals surface area contributed by atoms with Crippen LogP contribution in [0.3, 0.4) is 0 Å². The first-order valence-electron chi connectivity index (χ1n) is 7.24. The van der Waals surface area contributed by atoms with E-state index < -0.39 is 11.7 Å². The fraction of sp³-hybridized carbons (Fsp3) is 0.467. The number of likely N-dealkylation sites (tertiary alicyclic amines) is 1. The summed E-state index contributed by atoms with van der Waals surface area (Å²) in [4.78, 5) is 25.4. The summed E-state index contributed by atoms with van der Waals surface area (Å²) >= 11 is 0. The molecule has 2 atom stereocenters. The first kappa shape index (κ1) is 14.8. The van der Waals surface area contributed by atoms with E-state index in [0.717, 1.165) is 5.69 Å². The van der Waals surface area contributed by atoms with Gasteiger partial charge in [0.05, 0.1) is 29.6 Å². The van der Waals surface area contributed by atoms with Crippen molar-refractivity contribution in [3.63, 3.8) is 0 Å². The van der Waals surface area contributed by atoms with Crippen molar-refractivity contribution in [2.24, 2.45) is 0 Å². The Kier molecular flexibility index (Phi) is 3.54. The Hall–Kier alpha value is -2.12. The highest BCUT2D eigenvalue weighted by molar-refractivity contribution is 6.03. The maximum atomic E-state index is 12.5. The van der Waals surface area contributed by atoms with Crippen LogP contribution in [0.1, 0.15) is 23.7 Å². The third-order valence-corrected chi connectivity index (χ3v) is 4.27. The maximum absolute atomic E-state index is 12.5. The van der Waals surface area contributed by atoms with Gasteiger partial charge in [-0.25, -0.2) is 0 Å². The Morgan fingerprint density at radius 2 is 2.18 bits per heavy atom. The van der Waals surface area contributed by atoms with Crippen molar-refractivity contribution in [2.75, 3.05) is 30.3 Å². The Labute approximate surface area is 127 Å². The van der Waals surface area contributed by atoms with Crippen LogP contribution >= 0.6 is 0 Å². The van der Waals surface area contributed by atoms with Gasteiger partial charge < -0.3 is 25.7 Å². The number of hydrogen-bond acceptors (Lipinski definition) is 5. The summed E-state index contributed by atoms with van der Waals surface area (Å²) in [7, 11) is 0. The van der Waals surface area contributed by atoms with Gasteiger partial charge in [0.15, 0.2) is 0 Å². The van der Waals surface area contributed by atoms with Gasteiger partial charge in [0.1, 0.15) is 0 Å². The van der Waals surface area contributed by atoms with Crippen LogP contribution in [-0.4, -0.2) is 58.3 Å². The van der Waals surface area contributed by atoms with Gasteiger partial charge in [0.25, 0.3) is 5.91 Å². The van der Waals surface area contributed by atoms with Gasteiger partial charge in [-0.15, -0.1) is 0 Å². The molecule has 1 fully saturated rings. The SMILES string of the molecule is C[C@]1(O)CCN(C(=O)c2ccc3c(c2)NC(=O)CN3)C[C@@H]1O. The van der Waals surface area contributed by atoms with Crippen molar-refractivity contribution in [3.05, 3.63) is 23.8 Å². The second-order valence-corrected chi connectivity index (χ2v) is 6.04. The van der Waals surface area contributed by atoms with E-state index >= 15 is 0 Å². The summed E-state index contributed by atoms with van der Waals surface area (Å²) in [6.07, 6.45) is -0.646. The number of carbonyl (C=O) groups excluding carboxylic acids is 2. The Morgan fingerprint density at radius 3 is 2.91 bits per heavy atom. The molecule has 2 heterocycles. The van der Waals surface area contributed by atoms with Crippen molar-refractivity contribution < 1.29 is 19.8 Å². The first-order valence-corrected chi connectivity index (χ1v) is 7.24. The predicted octanol–water partition coefficient (Wildman–Crippen LogP) is 0.00840. The Morgan fingerprint density at radius 1 is 1.41 bits per heavy atom. The van der Waals surface area contributed by atoms with Gasteiger partial charge in [-0.2, -0.15) is 0 Å². The molecule has 22 heavy (non-hydrogen) atoms. The molecule has 1 aromatic carbocycles. The van der Waals surface area contributed by atoms with Gasteiger partial charge in [0, 0.05) is 18.7 Å². The summed E-state index contributed by atoms with van der Waals surface area (Å²) in [5.74, 6) is -0.376. The standard InChI is InChI=1S/C15H19N3O4/c1-15(22)4-5-18(8-12(15)19)14(21)9-2-3-10-11(6-9)17-13(20)7-16-10/h2-3,6,12,16,19,22H,4-5,7-8H2,1H3,(H,17,20)/t12-,15-/m0/s1. The Balaban J connectivity index is 1.78. The number of carbonyl (C=O) groups is 2. The molecule has 7 nitrogen and oxygen atoms in total. The van der Waals surface area contributed by atoms with Gasteiger partial charge in [0.2, 0.25) is 5.91 Å². The lowest BCUT2D eigenvalue weighted by atomic mass is 9.90. The highest BCUT2D eigenvalue weighted by atomic mass is 16.3. The molecule has 0 saturated carbocycles. The highest BCUT2D eigenvalue weighted by Gasteiger charge is 2.38. The van der Waals surface area contributed by atoms with Crippen LogP contribution in [0, 0.1) is 0 Å². The number of hydrogen-bond donors (Lipinski definition) is 4. The van der Waals surface area contributed by atoms with Crippen LogP contribution in [0.5, 0.6) is 0 Å². The van der Waals surface area contributed by atoms with Crippen LogP contribution in [0.15, 0.2) is 18.2 Å². The number of aliphatic hydroxyl groups excluding tert-OH is 1. The van der Waals surface area contributed by atoms with E-state index in [1.165, 1.54) is 4.90 Å². The zero-order valence-electron chi connectivity index (χ0n) is 12.3. The number of β-amino-alcohol motifs (C(OH)–C–C–N with tert-alkyl or cyclic N) is 1. The van der Waals surface area contributed by atoms with E-state index in [-0.39, 0.29) is 24.9 Å². The predicted molar refractivity (Wildman–Crippen MR) is 80.7 cm³/mol. The molecule has 2 aliphatic heterocycles. The highest BCUT2D eigenvalue weighted by Crippen LogP contribution is 2.28. The molecular weight excluding hydrogens is 286 g/mol. The molecule has 1 saturated heterocycles. The quantitative estimate of drug-likeness (QED) is 0.585. The third-order valence-electron chi connectivity index (χ3n) is 4.27. The molecule has 2 aliphatic rings. The molecule has 2 amide bonds. The van der Waals surface area contributed by atoms with E-state index in [4.69, 9.17) is 0 Å². The molecule has 0 aromatic heterocycles. The number of benzene rings is 1. The summed E-state index contributed by atoms with van der Waals surface area (Å²) in [5.41, 5.74) is 0.630. The third kappa shape index (κ3) is 2.65. The van der Waals surface area contributed by atoms with Crippen LogP contribution < -0.4 is 10.6 Å². The van der Waals surface area contributed by atoms with Crippen molar-refractivity contribution in [3.8, 4) is 0 Å². The molecule has 0 aliphatic carbocycles. The molecule has 118 valence electrons. The van der Waals surface area contributed by atoms with Gasteiger partial charge in [-0.1, -0.05) is 0 Å². The molecular formula is C15H19N3O4. The molecule has 1 aromatic rings. The summed E-state index contributed by atoms with van der Waals surface area (Å²) in [5, 5.41) is 25.6. The molecule has 4 N–H and O–H groups in total. The number of piperidine rings is 1. The number of nitrogens with zero attached hydrogens (tertiary/aromatic N) is 1. The average molecular weight is 305 g/mol. The first-order chi connectivity index (χ1) is 10.4. The smallest absolute Gasteiger partial charge is 0.254 e. The van der Waals surface area contributed by atoms with Gasteiger partial charge >= 0.3 is 0 Å². The number of fused-ring (bicyclic) bond motifs is 1. The topological polar surface area (TPSA) is 102 Å². The zero-order valence-corrected chi connectivity index (χ0v) is 12.3. The fourth-order valence-electron chi connectivity index (χ4n) is 2.70. The summed E-state index contributed by atoms with van der Waals surface area (Å²) in [6, 6.07) is 5.06. The van der Waals surface area contributed by atoms with Crippen LogP contribution in [-0.2, 0) is 4.79 Å². The van der Waals surface area contributed by atoms with Crippen LogP contribution in [0.4, 0.5) is 11.4 Å². The van der Waals surface area contributed by atoms with Crippen LogP contribution in [0.25, 0.3) is 0 Å². The van der Waals surface area contributed by atoms with Crippen molar-refractivity contribution >= 4 is 23.2 Å². The maximum Gasteiger partial charge on any atom is 0.254 e. The molecule has 0 spiro atoms. The van der Waals surface area contributed by atoms with E-state index in [0.29, 0.717) is 24.2 Å². The van der Waals surface area contributed by atoms with E-state index in [1.807, 2.05) is 0 Å². The number of nitrogens with one attached hydrogen (secondary N) is 2. The van der Waals surface area contributed by atoms with Crippen molar-refractivity contribution in [2.45, 2.75) is 25.0 Å². The number of amides is 2. The minimum atomic E-state index is -1.16. The van der Waals surface area contributed by atoms with E-state index in [2.05, 4.69) is 10.6 Å². The normalized spacial score (nSPS) is 27.7. The molecule has 0 bridgehead atoms. The molecule has 0 radical (unpaired) electrons. The minimum absolute atomic E-state index is 0.0908. The lowest BCUT2D eigenvalue weighted by Crippen LogP contribution is -2.55.